The summed E-state index contributed by atoms with van der Waals surface area (Å²) < 4.78 is 11.6. The first-order valence-corrected chi connectivity index (χ1v) is 20.1. The van der Waals surface area contributed by atoms with Crippen LogP contribution in [0.4, 0.5) is 9.59 Å². The van der Waals surface area contributed by atoms with Crippen molar-refractivity contribution in [3.63, 3.8) is 0 Å². The van der Waals surface area contributed by atoms with E-state index in [0.717, 1.165) is 83.1 Å². The van der Waals surface area contributed by atoms with Crippen LogP contribution in [-0.4, -0.2) is 66.2 Å². The van der Waals surface area contributed by atoms with Gasteiger partial charge in [0, 0.05) is 36.6 Å². The van der Waals surface area contributed by atoms with Gasteiger partial charge in [-0.2, -0.15) is 0 Å². The molecule has 2 aromatic heterocycles. The van der Waals surface area contributed by atoms with Gasteiger partial charge in [0.25, 0.3) is 0 Å². The molecule has 54 heavy (non-hydrogen) atoms. The monoisotopic (exact) mass is 732 g/mol. The predicted molar refractivity (Wildman–Crippen MR) is 209 cm³/mol. The zero-order chi connectivity index (χ0) is 37.8. The van der Waals surface area contributed by atoms with Crippen LogP contribution in [0.3, 0.4) is 0 Å². The van der Waals surface area contributed by atoms with Gasteiger partial charge in [-0.05, 0) is 102 Å². The number of aromatic nitrogens is 4. The highest BCUT2D eigenvalue weighted by Crippen LogP contribution is 2.45. The molecule has 2 saturated carbocycles. The number of hydrogen-bond donors (Lipinski definition) is 2. The molecule has 0 radical (unpaired) electrons. The van der Waals surface area contributed by atoms with E-state index in [4.69, 9.17) is 19.4 Å². The number of ether oxygens (including phenoxy) is 2. The normalized spacial score (nSPS) is 23.2. The first-order chi connectivity index (χ1) is 25.7. The molecule has 4 aromatic rings. The molecule has 4 heterocycles. The van der Waals surface area contributed by atoms with Gasteiger partial charge in [-0.25, -0.2) is 19.6 Å². The Morgan fingerprint density at radius 1 is 0.593 bits per heavy atom. The second kappa shape index (κ2) is 14.2. The summed E-state index contributed by atoms with van der Waals surface area (Å²) in [5, 5.41) is 0. The number of carbonyl (C=O) groups is 2. The van der Waals surface area contributed by atoms with Gasteiger partial charge in [0.1, 0.15) is 22.9 Å². The van der Waals surface area contributed by atoms with Crippen molar-refractivity contribution in [1.82, 2.24) is 29.7 Å². The fourth-order valence-electron chi connectivity index (χ4n) is 8.38. The molecule has 2 aliphatic heterocycles. The Kier molecular flexibility index (Phi) is 9.59. The molecule has 2 aliphatic carbocycles. The number of hydrogen-bond acceptors (Lipinski definition) is 6. The summed E-state index contributed by atoms with van der Waals surface area (Å²) in [4.78, 5) is 47.1. The molecular weight excluding hydrogens is 677 g/mol. The molecule has 4 atom stereocenters. The number of likely N-dealkylation sites (tertiary alicyclic amines) is 2. The van der Waals surface area contributed by atoms with Gasteiger partial charge < -0.3 is 19.4 Å². The standard InChI is InChI=1S/C44H56N6O4/c1-43(2,3)53-41(51)49-25-29(19-27-7-8-27)21-37(49)39-45-23-35(47-39)33-15-11-31(12-16-33)32-13-17-34(18-14-32)36-24-46-40(48-36)38-22-30(20-28-9-10-28)26-50(38)42(52)54-44(4,5)6/h11-18,23-24,27-30,37-38H,7-10,19-22,25-26H2,1-6H3,(H,45,47)(H,46,48)/t29-,30-,37+,38+/m1/s1. The Morgan fingerprint density at radius 3 is 1.28 bits per heavy atom. The van der Waals surface area contributed by atoms with Gasteiger partial charge in [-0.1, -0.05) is 74.2 Å². The molecule has 10 heteroatoms. The smallest absolute Gasteiger partial charge is 0.410 e. The molecule has 2 N–H and O–H groups in total. The van der Waals surface area contributed by atoms with E-state index in [-0.39, 0.29) is 24.3 Å². The molecule has 2 saturated heterocycles. The number of nitrogens with one attached hydrogen (secondary N) is 2. The number of carbonyl (C=O) groups excluding carboxylic acids is 2. The fourth-order valence-corrected chi connectivity index (χ4v) is 8.38. The van der Waals surface area contributed by atoms with Crippen LogP contribution in [0.5, 0.6) is 0 Å². The van der Waals surface area contributed by atoms with Crippen molar-refractivity contribution in [2.75, 3.05) is 13.1 Å². The van der Waals surface area contributed by atoms with Crippen molar-refractivity contribution < 1.29 is 19.1 Å². The highest BCUT2D eigenvalue weighted by atomic mass is 16.6. The average Bonchev–Trinajstić information content (AvgIpc) is 3.82. The van der Waals surface area contributed by atoms with Crippen LogP contribution in [0.1, 0.15) is 117 Å². The molecule has 0 unspecified atom stereocenters. The third-order valence-corrected chi connectivity index (χ3v) is 11.3. The number of imidazole rings is 2. The second-order valence-corrected chi connectivity index (χ2v) is 18.4. The molecule has 4 aliphatic rings. The highest BCUT2D eigenvalue weighted by molar-refractivity contribution is 5.72. The number of rotatable bonds is 9. The van der Waals surface area contributed by atoms with Gasteiger partial charge in [0.15, 0.2) is 0 Å². The first-order valence-electron chi connectivity index (χ1n) is 20.1. The Bertz CT molecular complexity index is 1800. The Balaban J connectivity index is 0.935. The molecule has 4 fully saturated rings. The van der Waals surface area contributed by atoms with E-state index >= 15 is 0 Å². The third kappa shape index (κ3) is 8.53. The Labute approximate surface area is 319 Å². The minimum atomic E-state index is -0.546. The van der Waals surface area contributed by atoms with Crippen molar-refractivity contribution >= 4 is 12.2 Å². The lowest BCUT2D eigenvalue weighted by molar-refractivity contribution is 0.0203. The average molecular weight is 733 g/mol. The maximum absolute atomic E-state index is 13.3. The SMILES string of the molecule is CC(C)(C)OC(=O)N1C[C@H](CC2CC2)C[C@H]1c1nc(-c2ccc(-c3ccc(-c4c[nH]c([C@@H]5C[C@@H](CC6CC6)CN5C(=O)OC(C)(C)C)n4)cc3)cc2)c[nH]1. The summed E-state index contributed by atoms with van der Waals surface area (Å²) in [6.45, 7) is 12.9. The van der Waals surface area contributed by atoms with Crippen molar-refractivity contribution in [2.24, 2.45) is 23.7 Å². The van der Waals surface area contributed by atoms with Crippen molar-refractivity contribution in [3.8, 4) is 33.6 Å². The van der Waals surface area contributed by atoms with E-state index in [2.05, 4.69) is 58.5 Å². The molecule has 0 bridgehead atoms. The van der Waals surface area contributed by atoms with E-state index in [1.54, 1.807) is 0 Å². The summed E-state index contributed by atoms with van der Waals surface area (Å²) in [5.74, 6) is 4.18. The van der Waals surface area contributed by atoms with E-state index in [1.165, 1.54) is 38.5 Å². The quantitative estimate of drug-likeness (QED) is 0.177. The summed E-state index contributed by atoms with van der Waals surface area (Å²) in [5.41, 5.74) is 4.89. The minimum Gasteiger partial charge on any atom is -0.444 e. The number of benzene rings is 2. The van der Waals surface area contributed by atoms with Crippen molar-refractivity contribution in [2.45, 2.75) is 116 Å². The maximum Gasteiger partial charge on any atom is 0.410 e. The van der Waals surface area contributed by atoms with Crippen molar-refractivity contribution in [1.29, 1.82) is 0 Å². The zero-order valence-electron chi connectivity index (χ0n) is 32.7. The third-order valence-electron chi connectivity index (χ3n) is 11.3. The van der Waals surface area contributed by atoms with Gasteiger partial charge in [0.05, 0.1) is 23.5 Å². The number of amides is 2. The van der Waals surface area contributed by atoms with Gasteiger partial charge >= 0.3 is 12.2 Å². The highest BCUT2D eigenvalue weighted by Gasteiger charge is 2.43. The van der Waals surface area contributed by atoms with Crippen LogP contribution < -0.4 is 0 Å². The zero-order valence-corrected chi connectivity index (χ0v) is 32.7. The van der Waals surface area contributed by atoms with Crippen LogP contribution in [0.15, 0.2) is 60.9 Å². The number of aromatic amines is 2. The van der Waals surface area contributed by atoms with E-state index in [9.17, 15) is 9.59 Å². The lowest BCUT2D eigenvalue weighted by atomic mass is 9.99. The largest absolute Gasteiger partial charge is 0.444 e. The Hall–Kier alpha value is -4.60. The number of nitrogens with zero attached hydrogens (tertiary/aromatic N) is 4. The molecule has 2 aromatic carbocycles. The summed E-state index contributed by atoms with van der Waals surface area (Å²) in [6, 6.07) is 16.7. The van der Waals surface area contributed by atoms with Gasteiger partial charge in [-0.15, -0.1) is 0 Å². The Morgan fingerprint density at radius 2 is 0.944 bits per heavy atom. The van der Waals surface area contributed by atoms with Crippen LogP contribution in [0.25, 0.3) is 33.6 Å². The molecule has 0 spiro atoms. The molecule has 8 rings (SSSR count). The van der Waals surface area contributed by atoms with Crippen LogP contribution >= 0.6 is 0 Å². The summed E-state index contributed by atoms with van der Waals surface area (Å²) in [6.07, 6.45) is 12.8. The summed E-state index contributed by atoms with van der Waals surface area (Å²) >= 11 is 0. The summed E-state index contributed by atoms with van der Waals surface area (Å²) in [7, 11) is 0. The van der Waals surface area contributed by atoms with Crippen molar-refractivity contribution in [3.05, 3.63) is 72.6 Å². The first kappa shape index (κ1) is 36.4. The fraction of sp³-hybridized carbons (Fsp3) is 0.545. The molecule has 10 nitrogen and oxygen atoms in total. The van der Waals surface area contributed by atoms with Gasteiger partial charge in [0.2, 0.25) is 0 Å². The van der Waals surface area contributed by atoms with Crippen LogP contribution in [-0.2, 0) is 9.47 Å². The predicted octanol–water partition coefficient (Wildman–Crippen LogP) is 10.3. The van der Waals surface area contributed by atoms with E-state index in [1.807, 2.05) is 63.7 Å². The molecular formula is C44H56N6O4. The lowest BCUT2D eigenvalue weighted by Crippen LogP contribution is -2.37. The van der Waals surface area contributed by atoms with Crippen LogP contribution in [0, 0.1) is 23.7 Å². The molecule has 2 amide bonds. The van der Waals surface area contributed by atoms with Gasteiger partial charge in [-0.3, -0.25) is 9.80 Å². The minimum absolute atomic E-state index is 0.118. The maximum atomic E-state index is 13.3. The van der Waals surface area contributed by atoms with E-state index in [0.29, 0.717) is 11.8 Å². The lowest BCUT2D eigenvalue weighted by Gasteiger charge is -2.27. The topological polar surface area (TPSA) is 116 Å². The number of H-pyrrole nitrogens is 2. The van der Waals surface area contributed by atoms with E-state index < -0.39 is 11.2 Å². The van der Waals surface area contributed by atoms with Crippen LogP contribution in [0.2, 0.25) is 0 Å². The second-order valence-electron chi connectivity index (χ2n) is 18.4. The molecule has 286 valence electrons.